The number of nitrogens with zero attached hydrogens (tertiary/aromatic N) is 2. The fourth-order valence-electron chi connectivity index (χ4n) is 3.67. The monoisotopic (exact) mass is 295 g/mol. The van der Waals surface area contributed by atoms with Gasteiger partial charge in [0.15, 0.2) is 0 Å². The molecule has 2 heterocycles. The van der Waals surface area contributed by atoms with E-state index >= 15 is 0 Å². The Labute approximate surface area is 130 Å². The first-order valence-corrected chi connectivity index (χ1v) is 8.76. The molecular weight excluding hydrogens is 262 g/mol. The molecule has 2 rings (SSSR count). The molecule has 0 radical (unpaired) electrons. The van der Waals surface area contributed by atoms with Crippen LogP contribution in [0.3, 0.4) is 0 Å². The Morgan fingerprint density at radius 1 is 1.38 bits per heavy atom. The van der Waals surface area contributed by atoms with Gasteiger partial charge in [0.1, 0.15) is 0 Å². The summed E-state index contributed by atoms with van der Waals surface area (Å²) in [5, 5.41) is 3.60. The van der Waals surface area contributed by atoms with Crippen molar-refractivity contribution in [2.24, 2.45) is 11.8 Å². The third-order valence-electron chi connectivity index (χ3n) is 4.84. The fourth-order valence-corrected chi connectivity index (χ4v) is 3.67. The molecule has 3 unspecified atom stereocenters. The highest BCUT2D eigenvalue weighted by Crippen LogP contribution is 2.24. The third kappa shape index (κ3) is 4.43. The van der Waals surface area contributed by atoms with Crippen LogP contribution in [0.5, 0.6) is 0 Å². The van der Waals surface area contributed by atoms with Crippen molar-refractivity contribution in [2.75, 3.05) is 26.7 Å². The van der Waals surface area contributed by atoms with E-state index in [0.29, 0.717) is 17.7 Å². The highest BCUT2D eigenvalue weighted by molar-refractivity contribution is 5.84. The summed E-state index contributed by atoms with van der Waals surface area (Å²) in [5.41, 5.74) is 0. The van der Waals surface area contributed by atoms with Crippen LogP contribution in [0.1, 0.15) is 52.9 Å². The molecule has 3 atom stereocenters. The summed E-state index contributed by atoms with van der Waals surface area (Å²) in [6.45, 7) is 9.93. The smallest absolute Gasteiger partial charge is 0.241 e. The van der Waals surface area contributed by atoms with E-state index in [0.717, 1.165) is 38.8 Å². The number of amides is 1. The summed E-state index contributed by atoms with van der Waals surface area (Å²) >= 11 is 0. The van der Waals surface area contributed by atoms with Crippen molar-refractivity contribution in [3.05, 3.63) is 0 Å². The number of nitrogens with one attached hydrogen (secondary N) is 1. The van der Waals surface area contributed by atoms with Crippen molar-refractivity contribution in [3.63, 3.8) is 0 Å². The summed E-state index contributed by atoms with van der Waals surface area (Å²) in [4.78, 5) is 17.3. The molecule has 1 N–H and O–H groups in total. The summed E-state index contributed by atoms with van der Waals surface area (Å²) in [7, 11) is 2.18. The molecule has 21 heavy (non-hydrogen) atoms. The Balaban J connectivity index is 1.97. The maximum atomic E-state index is 12.7. The second-order valence-corrected chi connectivity index (χ2v) is 7.41. The molecule has 2 aliphatic heterocycles. The van der Waals surface area contributed by atoms with Crippen molar-refractivity contribution < 1.29 is 4.79 Å². The van der Waals surface area contributed by atoms with Gasteiger partial charge in [0, 0.05) is 13.1 Å². The van der Waals surface area contributed by atoms with E-state index in [4.69, 9.17) is 0 Å². The van der Waals surface area contributed by atoms with Gasteiger partial charge in [0.2, 0.25) is 5.91 Å². The second-order valence-electron chi connectivity index (χ2n) is 7.41. The Morgan fingerprint density at radius 3 is 2.71 bits per heavy atom. The lowest BCUT2D eigenvalue weighted by atomic mass is 10.1. The van der Waals surface area contributed by atoms with Crippen LogP contribution in [0.25, 0.3) is 0 Å². The summed E-state index contributed by atoms with van der Waals surface area (Å²) in [5.74, 6) is 1.62. The molecule has 1 amide bonds. The van der Waals surface area contributed by atoms with Crippen molar-refractivity contribution in [1.29, 1.82) is 0 Å². The molecule has 4 heteroatoms. The van der Waals surface area contributed by atoms with Crippen LogP contribution in [0.4, 0.5) is 0 Å². The molecular formula is C17H33N3O. The first kappa shape index (κ1) is 16.8. The number of rotatable bonds is 7. The van der Waals surface area contributed by atoms with E-state index in [9.17, 15) is 4.79 Å². The van der Waals surface area contributed by atoms with Gasteiger partial charge in [-0.05, 0) is 44.7 Å². The van der Waals surface area contributed by atoms with Gasteiger partial charge in [-0.15, -0.1) is 0 Å². The molecule has 0 aromatic carbocycles. The first-order valence-electron chi connectivity index (χ1n) is 8.76. The lowest BCUT2D eigenvalue weighted by Gasteiger charge is -2.28. The standard InChI is InChI=1S/C17H33N3O/c1-5-6-7-15-17(21)20(16(18-15)10-13(2)3)12-14-8-9-19(4)11-14/h13-16,18H,5-12H2,1-4H3. The van der Waals surface area contributed by atoms with E-state index in [2.05, 4.69) is 42.9 Å². The van der Waals surface area contributed by atoms with Crippen LogP contribution in [-0.2, 0) is 4.79 Å². The summed E-state index contributed by atoms with van der Waals surface area (Å²) < 4.78 is 0. The molecule has 0 spiro atoms. The minimum absolute atomic E-state index is 0.0628. The van der Waals surface area contributed by atoms with E-state index in [1.54, 1.807) is 0 Å². The van der Waals surface area contributed by atoms with Crippen LogP contribution in [0.2, 0.25) is 0 Å². The summed E-state index contributed by atoms with van der Waals surface area (Å²) in [6, 6.07) is 0.0628. The van der Waals surface area contributed by atoms with Crippen molar-refractivity contribution >= 4 is 5.91 Å². The zero-order chi connectivity index (χ0) is 15.4. The van der Waals surface area contributed by atoms with E-state index in [1.807, 2.05) is 0 Å². The average molecular weight is 295 g/mol. The molecule has 2 fully saturated rings. The lowest BCUT2D eigenvalue weighted by molar-refractivity contribution is -0.130. The second kappa shape index (κ2) is 7.59. The van der Waals surface area contributed by atoms with E-state index in [1.165, 1.54) is 13.0 Å². The number of likely N-dealkylation sites (tertiary alicyclic amines) is 1. The molecule has 2 saturated heterocycles. The number of unbranched alkanes of at least 4 members (excludes halogenated alkanes) is 1. The molecule has 0 aromatic heterocycles. The van der Waals surface area contributed by atoms with Gasteiger partial charge < -0.3 is 9.80 Å². The Morgan fingerprint density at radius 2 is 2.14 bits per heavy atom. The molecule has 0 aromatic rings. The highest BCUT2D eigenvalue weighted by atomic mass is 16.2. The number of carbonyl (C=O) groups is 1. The minimum atomic E-state index is 0.0628. The van der Waals surface area contributed by atoms with Gasteiger partial charge in [-0.1, -0.05) is 33.6 Å². The lowest BCUT2D eigenvalue weighted by Crippen LogP contribution is -2.41. The summed E-state index contributed by atoms with van der Waals surface area (Å²) in [6.07, 6.45) is 5.84. The molecule has 0 saturated carbocycles. The molecule has 0 bridgehead atoms. The Hall–Kier alpha value is -0.610. The fraction of sp³-hybridized carbons (Fsp3) is 0.941. The zero-order valence-corrected chi connectivity index (χ0v) is 14.3. The van der Waals surface area contributed by atoms with Gasteiger partial charge in [-0.3, -0.25) is 10.1 Å². The van der Waals surface area contributed by atoms with Crippen LogP contribution in [0, 0.1) is 11.8 Å². The maximum Gasteiger partial charge on any atom is 0.241 e. The van der Waals surface area contributed by atoms with Crippen molar-refractivity contribution in [2.45, 2.75) is 65.1 Å². The molecule has 4 nitrogen and oxygen atoms in total. The zero-order valence-electron chi connectivity index (χ0n) is 14.3. The van der Waals surface area contributed by atoms with Crippen molar-refractivity contribution in [3.8, 4) is 0 Å². The SMILES string of the molecule is CCCCC1NC(CC(C)C)N(CC2CCN(C)C2)C1=O. The third-order valence-corrected chi connectivity index (χ3v) is 4.84. The first-order chi connectivity index (χ1) is 10.0. The van der Waals surface area contributed by atoms with Crippen molar-refractivity contribution in [1.82, 2.24) is 15.1 Å². The number of hydrogen-bond donors (Lipinski definition) is 1. The van der Waals surface area contributed by atoms with Crippen LogP contribution in [0.15, 0.2) is 0 Å². The molecule has 2 aliphatic rings. The Kier molecular flexibility index (Phi) is 6.06. The maximum absolute atomic E-state index is 12.7. The van der Waals surface area contributed by atoms with E-state index in [-0.39, 0.29) is 12.2 Å². The largest absolute Gasteiger partial charge is 0.325 e. The predicted molar refractivity (Wildman–Crippen MR) is 87.0 cm³/mol. The van der Waals surface area contributed by atoms with Gasteiger partial charge in [0.25, 0.3) is 0 Å². The number of carbonyl (C=O) groups excluding carboxylic acids is 1. The van der Waals surface area contributed by atoms with Crippen LogP contribution < -0.4 is 5.32 Å². The Bertz CT molecular complexity index is 345. The normalized spacial score (nSPS) is 30.8. The van der Waals surface area contributed by atoms with E-state index < -0.39 is 0 Å². The average Bonchev–Trinajstić information content (AvgIpc) is 2.94. The van der Waals surface area contributed by atoms with Gasteiger partial charge in [-0.25, -0.2) is 0 Å². The van der Waals surface area contributed by atoms with Gasteiger partial charge in [0.05, 0.1) is 12.2 Å². The quantitative estimate of drug-likeness (QED) is 0.783. The predicted octanol–water partition coefficient (Wildman–Crippen LogP) is 2.30. The van der Waals surface area contributed by atoms with Crippen LogP contribution in [-0.4, -0.2) is 54.6 Å². The molecule has 122 valence electrons. The highest BCUT2D eigenvalue weighted by Gasteiger charge is 2.39. The van der Waals surface area contributed by atoms with Gasteiger partial charge >= 0.3 is 0 Å². The molecule has 0 aliphatic carbocycles. The minimum Gasteiger partial charge on any atom is -0.325 e. The topological polar surface area (TPSA) is 35.6 Å². The number of hydrogen-bond acceptors (Lipinski definition) is 3. The van der Waals surface area contributed by atoms with Gasteiger partial charge in [-0.2, -0.15) is 0 Å². The van der Waals surface area contributed by atoms with Crippen LogP contribution >= 0.6 is 0 Å².